The number of methoxy groups -OCH3 is 1. The third kappa shape index (κ3) is 3.54. The number of nitrogens with zero attached hydrogens (tertiary/aromatic N) is 2. The lowest BCUT2D eigenvalue weighted by Crippen LogP contribution is -2.53. The Morgan fingerprint density at radius 1 is 1.30 bits per heavy atom. The van der Waals surface area contributed by atoms with Gasteiger partial charge in [0.2, 0.25) is 11.8 Å². The van der Waals surface area contributed by atoms with Gasteiger partial charge in [0.05, 0.1) is 25.2 Å². The van der Waals surface area contributed by atoms with E-state index in [-0.39, 0.29) is 30.6 Å². The first-order valence-corrected chi connectivity index (χ1v) is 7.90. The Kier molecular flexibility index (Phi) is 4.93. The average Bonchev–Trinajstić information content (AvgIpc) is 3.01. The minimum Gasteiger partial charge on any atom is -0.384 e. The highest BCUT2D eigenvalue weighted by Gasteiger charge is 2.44. The van der Waals surface area contributed by atoms with Crippen LogP contribution in [0.1, 0.15) is 12.0 Å². The number of carbonyl (C=O) groups excluding carboxylic acids is 2. The van der Waals surface area contributed by atoms with E-state index in [1.165, 1.54) is 0 Å². The molecule has 1 aromatic carbocycles. The molecule has 6 nitrogen and oxygen atoms in total. The van der Waals surface area contributed by atoms with Crippen LogP contribution in [-0.4, -0.2) is 67.2 Å². The number of morpholine rings is 1. The van der Waals surface area contributed by atoms with Crippen molar-refractivity contribution in [3.8, 4) is 0 Å². The van der Waals surface area contributed by atoms with E-state index in [9.17, 15) is 9.59 Å². The van der Waals surface area contributed by atoms with Crippen LogP contribution in [0.25, 0.3) is 0 Å². The Balaban J connectivity index is 1.68. The monoisotopic (exact) mass is 318 g/mol. The highest BCUT2D eigenvalue weighted by atomic mass is 16.5. The van der Waals surface area contributed by atoms with Gasteiger partial charge in [-0.25, -0.2) is 0 Å². The van der Waals surface area contributed by atoms with E-state index in [0.717, 1.165) is 5.56 Å². The Hall–Kier alpha value is -1.92. The minimum atomic E-state index is -0.0945. The van der Waals surface area contributed by atoms with E-state index >= 15 is 0 Å². The fourth-order valence-corrected chi connectivity index (χ4v) is 3.20. The fraction of sp³-hybridized carbons (Fsp3) is 0.529. The molecule has 2 aliphatic rings. The molecule has 2 atom stereocenters. The number of likely N-dealkylation sites (tertiary alicyclic amines) is 1. The second-order valence-corrected chi connectivity index (χ2v) is 5.97. The Morgan fingerprint density at radius 3 is 2.83 bits per heavy atom. The standard InChI is InChI=1S/C17H22N2O4/c1-22-8-7-16(20)18-10-14-15(11-18)23-12-17(21)19(14)9-13-5-3-2-4-6-13/h2-6,14-15H,7-12H2,1H3/t14-,15+/m1/s1. The Bertz CT molecular complexity index is 563. The third-order valence-corrected chi connectivity index (χ3v) is 4.45. The predicted octanol–water partition coefficient (Wildman–Crippen LogP) is 0.661. The molecule has 0 aliphatic carbocycles. The maximum atomic E-state index is 12.3. The van der Waals surface area contributed by atoms with Gasteiger partial charge < -0.3 is 19.3 Å². The molecule has 3 rings (SSSR count). The van der Waals surface area contributed by atoms with Crippen molar-refractivity contribution >= 4 is 11.8 Å². The lowest BCUT2D eigenvalue weighted by atomic mass is 10.1. The molecule has 2 aliphatic heterocycles. The number of benzene rings is 1. The SMILES string of the molecule is COCCC(=O)N1C[C@@H]2OCC(=O)N(Cc3ccccc3)[C@@H]2C1. The molecule has 2 fully saturated rings. The van der Waals surface area contributed by atoms with Crippen molar-refractivity contribution in [3.05, 3.63) is 35.9 Å². The second-order valence-electron chi connectivity index (χ2n) is 5.97. The van der Waals surface area contributed by atoms with Gasteiger partial charge in [-0.2, -0.15) is 0 Å². The summed E-state index contributed by atoms with van der Waals surface area (Å²) in [4.78, 5) is 28.1. The van der Waals surface area contributed by atoms with Crippen molar-refractivity contribution in [2.24, 2.45) is 0 Å². The first kappa shape index (κ1) is 16.0. The van der Waals surface area contributed by atoms with Crippen molar-refractivity contribution in [1.29, 1.82) is 0 Å². The number of hydrogen-bond acceptors (Lipinski definition) is 4. The maximum Gasteiger partial charge on any atom is 0.249 e. The van der Waals surface area contributed by atoms with Gasteiger partial charge in [0.1, 0.15) is 6.61 Å². The van der Waals surface area contributed by atoms with Crippen LogP contribution >= 0.6 is 0 Å². The van der Waals surface area contributed by atoms with Crippen LogP contribution in [0, 0.1) is 0 Å². The Morgan fingerprint density at radius 2 is 2.09 bits per heavy atom. The first-order valence-electron chi connectivity index (χ1n) is 7.90. The number of hydrogen-bond donors (Lipinski definition) is 0. The topological polar surface area (TPSA) is 59.1 Å². The molecule has 0 spiro atoms. The molecule has 0 saturated carbocycles. The number of fused-ring (bicyclic) bond motifs is 1. The van der Waals surface area contributed by atoms with E-state index in [4.69, 9.17) is 9.47 Å². The van der Waals surface area contributed by atoms with Crippen molar-refractivity contribution in [1.82, 2.24) is 9.80 Å². The van der Waals surface area contributed by atoms with Crippen LogP contribution in [0.3, 0.4) is 0 Å². The van der Waals surface area contributed by atoms with Crippen molar-refractivity contribution in [3.63, 3.8) is 0 Å². The molecule has 1 aromatic rings. The molecule has 0 aromatic heterocycles. The molecule has 0 unspecified atom stereocenters. The zero-order valence-electron chi connectivity index (χ0n) is 13.3. The van der Waals surface area contributed by atoms with Crippen LogP contribution in [-0.2, 0) is 25.6 Å². The van der Waals surface area contributed by atoms with Crippen LogP contribution in [0.4, 0.5) is 0 Å². The number of ether oxygens (including phenoxy) is 2. The van der Waals surface area contributed by atoms with Gasteiger partial charge >= 0.3 is 0 Å². The molecule has 2 heterocycles. The summed E-state index contributed by atoms with van der Waals surface area (Å²) in [6.07, 6.45) is 0.269. The predicted molar refractivity (Wildman–Crippen MR) is 83.6 cm³/mol. The van der Waals surface area contributed by atoms with Gasteiger partial charge in [0, 0.05) is 26.7 Å². The molecule has 2 saturated heterocycles. The summed E-state index contributed by atoms with van der Waals surface area (Å²) in [5.41, 5.74) is 1.09. The number of rotatable bonds is 5. The molecular formula is C17H22N2O4. The molecule has 0 N–H and O–H groups in total. The zero-order chi connectivity index (χ0) is 16.2. The van der Waals surface area contributed by atoms with Gasteiger partial charge in [0.15, 0.2) is 0 Å². The normalized spacial score (nSPS) is 24.0. The molecule has 0 bridgehead atoms. The van der Waals surface area contributed by atoms with Crippen LogP contribution in [0.15, 0.2) is 30.3 Å². The molecule has 0 radical (unpaired) electrons. The van der Waals surface area contributed by atoms with Gasteiger partial charge in [-0.1, -0.05) is 30.3 Å². The molecule has 124 valence electrons. The van der Waals surface area contributed by atoms with Crippen molar-refractivity contribution in [2.75, 3.05) is 33.4 Å². The molecular weight excluding hydrogens is 296 g/mol. The second kappa shape index (κ2) is 7.10. The molecule has 6 heteroatoms. The van der Waals surface area contributed by atoms with Crippen LogP contribution < -0.4 is 0 Å². The van der Waals surface area contributed by atoms with Gasteiger partial charge in [-0.15, -0.1) is 0 Å². The van der Waals surface area contributed by atoms with E-state index in [1.807, 2.05) is 35.2 Å². The summed E-state index contributed by atoms with van der Waals surface area (Å²) in [6, 6.07) is 9.84. The van der Waals surface area contributed by atoms with Gasteiger partial charge in [-0.05, 0) is 5.56 Å². The van der Waals surface area contributed by atoms with E-state index in [2.05, 4.69) is 0 Å². The summed E-state index contributed by atoms with van der Waals surface area (Å²) in [7, 11) is 1.58. The summed E-state index contributed by atoms with van der Waals surface area (Å²) in [6.45, 7) is 2.15. The van der Waals surface area contributed by atoms with Gasteiger partial charge in [-0.3, -0.25) is 9.59 Å². The van der Waals surface area contributed by atoms with Crippen molar-refractivity contribution < 1.29 is 19.1 Å². The molecule has 23 heavy (non-hydrogen) atoms. The summed E-state index contributed by atoms with van der Waals surface area (Å²) >= 11 is 0. The number of amides is 2. The highest BCUT2D eigenvalue weighted by molar-refractivity contribution is 5.80. The van der Waals surface area contributed by atoms with Crippen molar-refractivity contribution in [2.45, 2.75) is 25.1 Å². The van der Waals surface area contributed by atoms with E-state index in [0.29, 0.717) is 32.7 Å². The van der Waals surface area contributed by atoms with E-state index < -0.39 is 0 Å². The van der Waals surface area contributed by atoms with Crippen LogP contribution in [0.5, 0.6) is 0 Å². The number of carbonyl (C=O) groups is 2. The largest absolute Gasteiger partial charge is 0.384 e. The lowest BCUT2D eigenvalue weighted by Gasteiger charge is -2.36. The summed E-state index contributed by atoms with van der Waals surface area (Å²) in [5.74, 6) is 0.0400. The smallest absolute Gasteiger partial charge is 0.249 e. The fourth-order valence-electron chi connectivity index (χ4n) is 3.20. The first-order chi connectivity index (χ1) is 11.2. The highest BCUT2D eigenvalue weighted by Crippen LogP contribution is 2.25. The lowest BCUT2D eigenvalue weighted by molar-refractivity contribution is -0.153. The van der Waals surface area contributed by atoms with Crippen LogP contribution in [0.2, 0.25) is 0 Å². The zero-order valence-corrected chi connectivity index (χ0v) is 13.3. The van der Waals surface area contributed by atoms with Gasteiger partial charge in [0.25, 0.3) is 0 Å². The van der Waals surface area contributed by atoms with E-state index in [1.54, 1.807) is 12.0 Å². The third-order valence-electron chi connectivity index (χ3n) is 4.45. The quantitative estimate of drug-likeness (QED) is 0.800. The molecule has 2 amide bonds. The summed E-state index contributed by atoms with van der Waals surface area (Å²) in [5, 5.41) is 0. The maximum absolute atomic E-state index is 12.3. The summed E-state index contributed by atoms with van der Waals surface area (Å²) < 4.78 is 10.6. The minimum absolute atomic E-state index is 0.0127. The average molecular weight is 318 g/mol. The Labute approximate surface area is 136 Å².